The highest BCUT2D eigenvalue weighted by molar-refractivity contribution is 5.20. The molecule has 3 unspecified atom stereocenters. The van der Waals surface area contributed by atoms with Crippen molar-refractivity contribution in [1.82, 2.24) is 4.90 Å². The summed E-state index contributed by atoms with van der Waals surface area (Å²) in [5, 5.41) is 10.1. The first-order valence-corrected chi connectivity index (χ1v) is 6.89. The zero-order valence-corrected chi connectivity index (χ0v) is 10.6. The van der Waals surface area contributed by atoms with Crippen LogP contribution in [0.5, 0.6) is 0 Å². The number of benzene rings is 1. The first-order valence-electron chi connectivity index (χ1n) is 6.89. The molecule has 0 aromatic heterocycles. The van der Waals surface area contributed by atoms with Gasteiger partial charge in [0.15, 0.2) is 0 Å². The average Bonchev–Trinajstić information content (AvgIpc) is 2.90. The summed E-state index contributed by atoms with van der Waals surface area (Å²) in [5.74, 6) is 1.33. The number of fused-ring (bicyclic) bond motifs is 1. The summed E-state index contributed by atoms with van der Waals surface area (Å²) in [6.07, 6.45) is 3.32. The van der Waals surface area contributed by atoms with Crippen molar-refractivity contribution in [2.75, 3.05) is 19.6 Å². The number of rotatable bonds is 3. The van der Waals surface area contributed by atoms with Crippen molar-refractivity contribution in [2.24, 2.45) is 11.8 Å². The summed E-state index contributed by atoms with van der Waals surface area (Å²) >= 11 is 0. The van der Waals surface area contributed by atoms with E-state index in [0.29, 0.717) is 12.1 Å². The average molecular weight is 249 g/mol. The van der Waals surface area contributed by atoms with E-state index < -0.39 is 6.10 Å². The highest BCUT2D eigenvalue weighted by Crippen LogP contribution is 2.38. The van der Waals surface area contributed by atoms with E-state index in [1.54, 1.807) is 18.2 Å². The Morgan fingerprint density at radius 2 is 1.89 bits per heavy atom. The van der Waals surface area contributed by atoms with Crippen LogP contribution in [0.15, 0.2) is 24.3 Å². The first-order chi connectivity index (χ1) is 8.74. The van der Waals surface area contributed by atoms with Gasteiger partial charge in [-0.3, -0.25) is 4.90 Å². The number of aliphatic hydroxyl groups excluding tert-OH is 1. The highest BCUT2D eigenvalue weighted by Gasteiger charge is 2.36. The summed E-state index contributed by atoms with van der Waals surface area (Å²) in [6, 6.07) is 6.53. The van der Waals surface area contributed by atoms with Crippen LogP contribution in [-0.2, 0) is 0 Å². The molecule has 0 bridgehead atoms. The second-order valence-corrected chi connectivity index (χ2v) is 5.71. The molecule has 98 valence electrons. The van der Waals surface area contributed by atoms with Gasteiger partial charge in [-0.25, -0.2) is 4.39 Å². The van der Waals surface area contributed by atoms with Crippen LogP contribution < -0.4 is 0 Å². The van der Waals surface area contributed by atoms with Gasteiger partial charge in [0, 0.05) is 25.2 Å². The van der Waals surface area contributed by atoms with Gasteiger partial charge in [-0.2, -0.15) is 0 Å². The lowest BCUT2D eigenvalue weighted by Crippen LogP contribution is -2.27. The molecule has 2 aliphatic rings. The normalized spacial score (nSPS) is 29.4. The standard InChI is InChI=1S/C15H20FNO/c16-14-7-2-1-6-13(14)15(18)10-17-8-11-4-3-5-12(11)9-17/h1-2,6-7,11-12,15,18H,3-5,8-10H2. The molecule has 1 heterocycles. The minimum absolute atomic E-state index is 0.301. The molecule has 0 spiro atoms. The lowest BCUT2D eigenvalue weighted by Gasteiger charge is -2.21. The number of nitrogens with zero attached hydrogens (tertiary/aromatic N) is 1. The third-order valence-corrected chi connectivity index (χ3v) is 4.50. The Bertz CT molecular complexity index is 411. The second-order valence-electron chi connectivity index (χ2n) is 5.71. The molecular formula is C15H20FNO. The fourth-order valence-corrected chi connectivity index (χ4v) is 3.57. The second kappa shape index (κ2) is 4.98. The molecule has 3 atom stereocenters. The maximum atomic E-state index is 13.6. The molecule has 1 aliphatic heterocycles. The van der Waals surface area contributed by atoms with E-state index in [1.807, 2.05) is 0 Å². The molecule has 1 aromatic carbocycles. The lowest BCUT2D eigenvalue weighted by molar-refractivity contribution is 0.118. The van der Waals surface area contributed by atoms with Crippen LogP contribution in [0, 0.1) is 17.7 Å². The van der Waals surface area contributed by atoms with Gasteiger partial charge in [-0.1, -0.05) is 24.6 Å². The Morgan fingerprint density at radius 1 is 1.22 bits per heavy atom. The van der Waals surface area contributed by atoms with Crippen molar-refractivity contribution in [1.29, 1.82) is 0 Å². The topological polar surface area (TPSA) is 23.5 Å². The minimum Gasteiger partial charge on any atom is -0.387 e. The number of β-amino-alcohol motifs (C(OH)–C–C–N with tert-alkyl or cyclic N) is 1. The molecule has 1 N–H and O–H groups in total. The van der Waals surface area contributed by atoms with Crippen molar-refractivity contribution in [3.8, 4) is 0 Å². The van der Waals surface area contributed by atoms with Gasteiger partial charge in [0.25, 0.3) is 0 Å². The number of halogens is 1. The molecule has 3 heteroatoms. The maximum Gasteiger partial charge on any atom is 0.129 e. The maximum absolute atomic E-state index is 13.6. The van der Waals surface area contributed by atoms with Gasteiger partial charge in [0.05, 0.1) is 6.10 Å². The van der Waals surface area contributed by atoms with Crippen molar-refractivity contribution in [3.05, 3.63) is 35.6 Å². The minimum atomic E-state index is -0.704. The molecule has 3 rings (SSSR count). The van der Waals surface area contributed by atoms with Crippen LogP contribution in [0.4, 0.5) is 4.39 Å². The van der Waals surface area contributed by atoms with E-state index >= 15 is 0 Å². The van der Waals surface area contributed by atoms with Crippen molar-refractivity contribution in [3.63, 3.8) is 0 Å². The number of likely N-dealkylation sites (tertiary alicyclic amines) is 1. The van der Waals surface area contributed by atoms with Gasteiger partial charge in [-0.15, -0.1) is 0 Å². The Kier molecular flexibility index (Phi) is 3.35. The summed E-state index contributed by atoms with van der Waals surface area (Å²) in [6.45, 7) is 2.72. The molecule has 1 saturated carbocycles. The van der Waals surface area contributed by atoms with Crippen LogP contribution in [0.2, 0.25) is 0 Å². The fourth-order valence-electron chi connectivity index (χ4n) is 3.57. The molecule has 0 amide bonds. The molecule has 2 fully saturated rings. The zero-order chi connectivity index (χ0) is 12.5. The molecule has 2 nitrogen and oxygen atoms in total. The SMILES string of the molecule is OC(CN1CC2CCCC2C1)c1ccccc1F. The molecule has 0 radical (unpaired) electrons. The molecular weight excluding hydrogens is 229 g/mol. The van der Waals surface area contributed by atoms with Crippen LogP contribution in [-0.4, -0.2) is 29.6 Å². The predicted octanol–water partition coefficient (Wildman–Crippen LogP) is 2.59. The van der Waals surface area contributed by atoms with Gasteiger partial charge in [0.1, 0.15) is 5.82 Å². The van der Waals surface area contributed by atoms with Gasteiger partial charge >= 0.3 is 0 Å². The van der Waals surface area contributed by atoms with Crippen molar-refractivity contribution in [2.45, 2.75) is 25.4 Å². The Balaban J connectivity index is 1.62. The summed E-state index contributed by atoms with van der Waals surface area (Å²) in [5.41, 5.74) is 0.426. The Hall–Kier alpha value is -0.930. The lowest BCUT2D eigenvalue weighted by atomic mass is 10.0. The van der Waals surface area contributed by atoms with Crippen LogP contribution in [0.3, 0.4) is 0 Å². The van der Waals surface area contributed by atoms with Gasteiger partial charge in [0.2, 0.25) is 0 Å². The van der Waals surface area contributed by atoms with E-state index in [1.165, 1.54) is 25.3 Å². The largest absolute Gasteiger partial charge is 0.387 e. The third-order valence-electron chi connectivity index (χ3n) is 4.50. The van der Waals surface area contributed by atoms with E-state index in [2.05, 4.69) is 4.90 Å². The van der Waals surface area contributed by atoms with Crippen LogP contribution in [0.25, 0.3) is 0 Å². The molecule has 1 saturated heterocycles. The quantitative estimate of drug-likeness (QED) is 0.890. The fraction of sp³-hybridized carbons (Fsp3) is 0.600. The monoisotopic (exact) mass is 249 g/mol. The highest BCUT2D eigenvalue weighted by atomic mass is 19.1. The van der Waals surface area contributed by atoms with Crippen LogP contribution >= 0.6 is 0 Å². The zero-order valence-electron chi connectivity index (χ0n) is 10.6. The van der Waals surface area contributed by atoms with E-state index in [4.69, 9.17) is 0 Å². The Morgan fingerprint density at radius 3 is 2.56 bits per heavy atom. The van der Waals surface area contributed by atoms with Gasteiger partial charge in [-0.05, 0) is 30.7 Å². The molecule has 18 heavy (non-hydrogen) atoms. The number of hydrogen-bond acceptors (Lipinski definition) is 2. The van der Waals surface area contributed by atoms with Gasteiger partial charge < -0.3 is 5.11 Å². The smallest absolute Gasteiger partial charge is 0.129 e. The van der Waals surface area contributed by atoms with E-state index in [-0.39, 0.29) is 5.82 Å². The summed E-state index contributed by atoms with van der Waals surface area (Å²) < 4.78 is 13.6. The van der Waals surface area contributed by atoms with E-state index in [0.717, 1.165) is 24.9 Å². The van der Waals surface area contributed by atoms with Crippen LogP contribution in [0.1, 0.15) is 30.9 Å². The summed E-state index contributed by atoms with van der Waals surface area (Å²) in [4.78, 5) is 2.30. The number of hydrogen-bond donors (Lipinski definition) is 1. The van der Waals surface area contributed by atoms with Crippen molar-refractivity contribution >= 4 is 0 Å². The van der Waals surface area contributed by atoms with Crippen molar-refractivity contribution < 1.29 is 9.50 Å². The Labute approximate surface area is 107 Å². The predicted molar refractivity (Wildman–Crippen MR) is 68.6 cm³/mol. The molecule has 1 aliphatic carbocycles. The molecule has 1 aromatic rings. The summed E-state index contributed by atoms with van der Waals surface area (Å²) in [7, 11) is 0. The number of aliphatic hydroxyl groups is 1. The first kappa shape index (κ1) is 12.1. The van der Waals surface area contributed by atoms with E-state index in [9.17, 15) is 9.50 Å². The third kappa shape index (κ3) is 2.29.